The van der Waals surface area contributed by atoms with Gasteiger partial charge in [0, 0.05) is 53.5 Å². The molecule has 0 radical (unpaired) electrons. The van der Waals surface area contributed by atoms with Crippen LogP contribution < -0.4 is 16.0 Å². The van der Waals surface area contributed by atoms with Crippen LogP contribution in [0.15, 0.2) is 0 Å². The molecule has 0 aliphatic carbocycles. The molecule has 1 heterocycles. The zero-order chi connectivity index (χ0) is 15.1. The van der Waals surface area contributed by atoms with Crippen LogP contribution in [0.4, 0.5) is 0 Å². The molecule has 8 heteroatoms. The summed E-state index contributed by atoms with van der Waals surface area (Å²) in [5.74, 6) is -0.189. The van der Waals surface area contributed by atoms with E-state index >= 15 is 0 Å². The zero-order valence-corrected chi connectivity index (χ0v) is 12.2. The van der Waals surface area contributed by atoms with Crippen molar-refractivity contribution >= 4 is 17.7 Å². The van der Waals surface area contributed by atoms with Crippen LogP contribution in [0.3, 0.4) is 0 Å². The lowest BCUT2D eigenvalue weighted by molar-refractivity contribution is -0.119. The van der Waals surface area contributed by atoms with Gasteiger partial charge < -0.3 is 16.0 Å². The molecule has 3 amide bonds. The van der Waals surface area contributed by atoms with Crippen molar-refractivity contribution in [1.29, 1.82) is 0 Å². The third kappa shape index (κ3) is 5.98. The van der Waals surface area contributed by atoms with E-state index in [2.05, 4.69) is 26.0 Å². The molecule has 1 rings (SSSR count). The van der Waals surface area contributed by atoms with E-state index in [0.717, 1.165) is 0 Å². The van der Waals surface area contributed by atoms with Crippen molar-refractivity contribution in [1.82, 2.24) is 26.0 Å². The summed E-state index contributed by atoms with van der Waals surface area (Å²) < 4.78 is 0. The molecule has 8 nitrogen and oxygen atoms in total. The maximum Gasteiger partial charge on any atom is 0.216 e. The third-order valence-corrected chi connectivity index (χ3v) is 2.93. The molecule has 0 bridgehead atoms. The van der Waals surface area contributed by atoms with E-state index in [1.807, 2.05) is 0 Å². The first-order chi connectivity index (χ1) is 9.41. The summed E-state index contributed by atoms with van der Waals surface area (Å²) in [6.45, 7) is 7.46. The standard InChI is InChI=1S/C12H23N5O3/c1-9(18)13-4-6-16-12(8-15-11(3)20)17(16)7-5-14-10(2)19/h12H,4-8H2,1-3H3,(H,13,18)(H,14,19)(H,15,20). The molecule has 1 aliphatic rings. The molecule has 2 atom stereocenters. The van der Waals surface area contributed by atoms with Gasteiger partial charge in [-0.3, -0.25) is 14.4 Å². The van der Waals surface area contributed by atoms with E-state index in [0.29, 0.717) is 32.7 Å². The average Bonchev–Trinajstić information content (AvgIpc) is 2.98. The minimum atomic E-state index is -0.0690. The van der Waals surface area contributed by atoms with Crippen molar-refractivity contribution in [3.63, 3.8) is 0 Å². The highest BCUT2D eigenvalue weighted by Gasteiger charge is 2.43. The minimum absolute atomic E-state index is 0.0601. The van der Waals surface area contributed by atoms with Crippen molar-refractivity contribution < 1.29 is 14.4 Å². The van der Waals surface area contributed by atoms with Gasteiger partial charge >= 0.3 is 0 Å². The van der Waals surface area contributed by atoms with Crippen LogP contribution in [0.2, 0.25) is 0 Å². The first-order valence-corrected chi connectivity index (χ1v) is 6.68. The monoisotopic (exact) mass is 285 g/mol. The molecule has 114 valence electrons. The molecule has 3 N–H and O–H groups in total. The number of carbonyl (C=O) groups is 3. The van der Waals surface area contributed by atoms with Gasteiger partial charge in [0.1, 0.15) is 6.17 Å². The Kier molecular flexibility index (Phi) is 6.40. The Balaban J connectivity index is 2.31. The van der Waals surface area contributed by atoms with Crippen LogP contribution in [0.1, 0.15) is 20.8 Å². The molecular weight excluding hydrogens is 262 g/mol. The fourth-order valence-electron chi connectivity index (χ4n) is 1.99. The van der Waals surface area contributed by atoms with Gasteiger partial charge in [-0.15, -0.1) is 0 Å². The number of nitrogens with zero attached hydrogens (tertiary/aromatic N) is 2. The second-order valence-corrected chi connectivity index (χ2v) is 4.71. The lowest BCUT2D eigenvalue weighted by Crippen LogP contribution is -2.30. The maximum atomic E-state index is 10.9. The predicted octanol–water partition coefficient (Wildman–Crippen LogP) is -1.75. The molecular formula is C12H23N5O3. The van der Waals surface area contributed by atoms with Crippen LogP contribution in [-0.2, 0) is 14.4 Å². The lowest BCUT2D eigenvalue weighted by atomic mass is 10.5. The Labute approximate surface area is 118 Å². The number of hydrazine groups is 1. The highest BCUT2D eigenvalue weighted by atomic mass is 16.2. The van der Waals surface area contributed by atoms with Crippen molar-refractivity contribution in [2.45, 2.75) is 26.9 Å². The molecule has 0 saturated carbocycles. The zero-order valence-electron chi connectivity index (χ0n) is 12.2. The lowest BCUT2D eigenvalue weighted by Gasteiger charge is -2.05. The van der Waals surface area contributed by atoms with E-state index in [1.54, 1.807) is 0 Å². The summed E-state index contributed by atoms with van der Waals surface area (Å²) >= 11 is 0. The summed E-state index contributed by atoms with van der Waals surface area (Å²) in [7, 11) is 0. The Morgan fingerprint density at radius 1 is 0.800 bits per heavy atom. The Hall–Kier alpha value is -1.67. The normalized spacial score (nSPS) is 23.9. The Morgan fingerprint density at radius 2 is 1.20 bits per heavy atom. The van der Waals surface area contributed by atoms with Gasteiger partial charge in [-0.1, -0.05) is 0 Å². The van der Waals surface area contributed by atoms with Gasteiger partial charge in [-0.25, -0.2) is 10.0 Å². The van der Waals surface area contributed by atoms with Gasteiger partial charge in [0.25, 0.3) is 0 Å². The predicted molar refractivity (Wildman–Crippen MR) is 73.3 cm³/mol. The largest absolute Gasteiger partial charge is 0.355 e. The van der Waals surface area contributed by atoms with Gasteiger partial charge in [-0.2, -0.15) is 0 Å². The quantitative estimate of drug-likeness (QED) is 0.460. The number of rotatable bonds is 8. The van der Waals surface area contributed by atoms with Crippen LogP contribution >= 0.6 is 0 Å². The van der Waals surface area contributed by atoms with Crippen LogP contribution in [0.5, 0.6) is 0 Å². The first kappa shape index (κ1) is 16.4. The molecule has 1 aliphatic heterocycles. The molecule has 0 spiro atoms. The highest BCUT2D eigenvalue weighted by Crippen LogP contribution is 2.23. The Morgan fingerprint density at radius 3 is 1.55 bits per heavy atom. The number of carbonyl (C=O) groups excluding carboxylic acids is 3. The fourth-order valence-corrected chi connectivity index (χ4v) is 1.99. The van der Waals surface area contributed by atoms with E-state index in [1.165, 1.54) is 20.8 Å². The Bertz CT molecular complexity index is 348. The van der Waals surface area contributed by atoms with Crippen LogP contribution in [0, 0.1) is 0 Å². The van der Waals surface area contributed by atoms with Crippen LogP contribution in [0.25, 0.3) is 0 Å². The second kappa shape index (κ2) is 7.81. The first-order valence-electron chi connectivity index (χ1n) is 6.68. The number of hydrogen-bond acceptors (Lipinski definition) is 5. The summed E-state index contributed by atoms with van der Waals surface area (Å²) in [6, 6.07) is 0. The van der Waals surface area contributed by atoms with Crippen molar-refractivity contribution in [2.24, 2.45) is 0 Å². The van der Waals surface area contributed by atoms with E-state index < -0.39 is 0 Å². The molecule has 1 fully saturated rings. The van der Waals surface area contributed by atoms with Gasteiger partial charge in [0.2, 0.25) is 17.7 Å². The van der Waals surface area contributed by atoms with Crippen molar-refractivity contribution in [2.75, 3.05) is 32.7 Å². The van der Waals surface area contributed by atoms with E-state index in [9.17, 15) is 14.4 Å². The number of nitrogens with one attached hydrogen (secondary N) is 3. The number of amides is 3. The summed E-state index contributed by atoms with van der Waals surface area (Å²) in [6.07, 6.45) is 0.126. The second-order valence-electron chi connectivity index (χ2n) is 4.71. The molecule has 0 aromatic heterocycles. The molecule has 1 saturated heterocycles. The summed E-state index contributed by atoms with van der Waals surface area (Å²) in [5, 5.41) is 12.4. The molecule has 2 unspecified atom stereocenters. The SMILES string of the molecule is CC(=O)NCCN1C(CNC(C)=O)N1CCNC(C)=O. The van der Waals surface area contributed by atoms with Crippen LogP contribution in [-0.4, -0.2) is 66.6 Å². The van der Waals surface area contributed by atoms with Gasteiger partial charge in [0.05, 0.1) is 0 Å². The molecule has 0 aromatic carbocycles. The van der Waals surface area contributed by atoms with Gasteiger partial charge in [0.15, 0.2) is 0 Å². The van der Waals surface area contributed by atoms with E-state index in [-0.39, 0.29) is 23.9 Å². The fraction of sp³-hybridized carbons (Fsp3) is 0.750. The average molecular weight is 285 g/mol. The molecule has 0 aromatic rings. The summed E-state index contributed by atoms with van der Waals surface area (Å²) in [5.41, 5.74) is 0. The third-order valence-electron chi connectivity index (χ3n) is 2.93. The minimum Gasteiger partial charge on any atom is -0.355 e. The van der Waals surface area contributed by atoms with E-state index in [4.69, 9.17) is 0 Å². The smallest absolute Gasteiger partial charge is 0.216 e. The maximum absolute atomic E-state index is 10.9. The highest BCUT2D eigenvalue weighted by molar-refractivity contribution is 5.73. The van der Waals surface area contributed by atoms with Crippen molar-refractivity contribution in [3.8, 4) is 0 Å². The topological polar surface area (TPSA) is 93.3 Å². The number of hydrogen-bond donors (Lipinski definition) is 3. The summed E-state index contributed by atoms with van der Waals surface area (Å²) in [4.78, 5) is 32.6. The van der Waals surface area contributed by atoms with Crippen molar-refractivity contribution in [3.05, 3.63) is 0 Å². The van der Waals surface area contributed by atoms with Gasteiger partial charge in [-0.05, 0) is 0 Å². The molecule has 20 heavy (non-hydrogen) atoms.